The Hall–Kier alpha value is -1.63. The third kappa shape index (κ3) is 2.02. The summed E-state index contributed by atoms with van der Waals surface area (Å²) in [6.45, 7) is 6.69. The van der Waals surface area contributed by atoms with E-state index in [9.17, 15) is 0 Å². The lowest BCUT2D eigenvalue weighted by molar-refractivity contribution is -0.660. The molecule has 0 spiro atoms. The number of rotatable bonds is 1. The topological polar surface area (TPSA) is 3.88 Å². The van der Waals surface area contributed by atoms with Crippen LogP contribution >= 0.6 is 0 Å². The SMILES string of the molecule is Cc1cc(-c2cc3c(cc2C)C2CCC3CC2)[n+](C)cc1C. The summed E-state index contributed by atoms with van der Waals surface area (Å²) in [5.74, 6) is 1.65. The molecule has 0 aliphatic heterocycles. The van der Waals surface area contributed by atoms with Gasteiger partial charge in [0, 0.05) is 17.2 Å². The fourth-order valence-corrected chi connectivity index (χ4v) is 4.60. The van der Waals surface area contributed by atoms with Crippen molar-refractivity contribution in [1.82, 2.24) is 0 Å². The maximum absolute atomic E-state index is 2.52. The molecule has 1 heteroatoms. The van der Waals surface area contributed by atoms with Gasteiger partial charge in [-0.25, -0.2) is 4.57 Å². The van der Waals surface area contributed by atoms with E-state index in [1.807, 2.05) is 0 Å². The maximum atomic E-state index is 2.52. The minimum absolute atomic E-state index is 0.816. The smallest absolute Gasteiger partial charge is 0.201 e. The summed E-state index contributed by atoms with van der Waals surface area (Å²) >= 11 is 0. The number of hydrogen-bond acceptors (Lipinski definition) is 0. The molecule has 5 rings (SSSR count). The normalized spacial score (nSPS) is 22.7. The molecule has 0 amide bonds. The fraction of sp³-hybridized carbons (Fsp3) is 0.476. The summed E-state index contributed by atoms with van der Waals surface area (Å²) in [6.07, 6.45) is 7.88. The Labute approximate surface area is 134 Å². The Morgan fingerprint density at radius 1 is 0.773 bits per heavy atom. The van der Waals surface area contributed by atoms with Gasteiger partial charge in [-0.2, -0.15) is 0 Å². The van der Waals surface area contributed by atoms with Crippen molar-refractivity contribution < 1.29 is 4.57 Å². The predicted octanol–water partition coefficient (Wildman–Crippen LogP) is 4.86. The lowest BCUT2D eigenvalue weighted by atomic mass is 9.66. The molecule has 2 bridgehead atoms. The Balaban J connectivity index is 1.90. The highest BCUT2D eigenvalue weighted by atomic mass is 14.9. The van der Waals surface area contributed by atoms with Crippen LogP contribution in [0.4, 0.5) is 0 Å². The second kappa shape index (κ2) is 4.94. The third-order valence-corrected chi connectivity index (χ3v) is 6.06. The van der Waals surface area contributed by atoms with E-state index in [-0.39, 0.29) is 0 Å². The summed E-state index contributed by atoms with van der Waals surface area (Å²) in [7, 11) is 2.17. The van der Waals surface area contributed by atoms with E-state index in [0.29, 0.717) is 0 Å². The summed E-state index contributed by atoms with van der Waals surface area (Å²) < 4.78 is 2.29. The Kier molecular flexibility index (Phi) is 3.14. The summed E-state index contributed by atoms with van der Waals surface area (Å²) in [6, 6.07) is 7.37. The standard InChI is InChI=1S/C21H26N/c1-13-10-21(22(4)12-15(13)3)18-11-20-17-7-5-16(6-8-17)19(20)9-14(18)2/h9-12,16-17H,5-8H2,1-4H3/q+1. The zero-order chi connectivity index (χ0) is 15.4. The van der Waals surface area contributed by atoms with E-state index < -0.39 is 0 Å². The van der Waals surface area contributed by atoms with E-state index in [1.165, 1.54) is 53.6 Å². The van der Waals surface area contributed by atoms with Gasteiger partial charge in [0.25, 0.3) is 0 Å². The molecule has 3 aliphatic carbocycles. The van der Waals surface area contributed by atoms with Gasteiger partial charge in [0.05, 0.1) is 0 Å². The first-order valence-electron chi connectivity index (χ1n) is 8.66. The molecule has 0 N–H and O–H groups in total. The molecule has 1 fully saturated rings. The van der Waals surface area contributed by atoms with Crippen molar-refractivity contribution in [3.63, 3.8) is 0 Å². The van der Waals surface area contributed by atoms with Gasteiger partial charge in [-0.1, -0.05) is 6.07 Å². The molecule has 1 aromatic heterocycles. The van der Waals surface area contributed by atoms with Crippen molar-refractivity contribution in [3.05, 3.63) is 52.2 Å². The monoisotopic (exact) mass is 292 g/mol. The van der Waals surface area contributed by atoms with Crippen LogP contribution in [0.3, 0.4) is 0 Å². The molecule has 0 radical (unpaired) electrons. The van der Waals surface area contributed by atoms with E-state index in [0.717, 1.165) is 11.8 Å². The summed E-state index contributed by atoms with van der Waals surface area (Å²) in [4.78, 5) is 0. The van der Waals surface area contributed by atoms with Crippen molar-refractivity contribution in [3.8, 4) is 11.3 Å². The number of pyridine rings is 1. The van der Waals surface area contributed by atoms with Crippen LogP contribution in [0.15, 0.2) is 24.4 Å². The number of fused-ring (bicyclic) bond motifs is 2. The van der Waals surface area contributed by atoms with Crippen LogP contribution in [0.25, 0.3) is 11.3 Å². The first-order valence-corrected chi connectivity index (χ1v) is 8.66. The predicted molar refractivity (Wildman–Crippen MR) is 91.2 cm³/mol. The largest absolute Gasteiger partial charge is 0.212 e. The molecule has 0 saturated heterocycles. The second-order valence-electron chi connectivity index (χ2n) is 7.48. The second-order valence-corrected chi connectivity index (χ2v) is 7.48. The molecule has 1 saturated carbocycles. The molecule has 22 heavy (non-hydrogen) atoms. The van der Waals surface area contributed by atoms with Gasteiger partial charge in [0.2, 0.25) is 5.69 Å². The average Bonchev–Trinajstić information content (AvgIpc) is 2.52. The lowest BCUT2D eigenvalue weighted by Gasteiger charge is -2.38. The Morgan fingerprint density at radius 3 is 2.00 bits per heavy atom. The quantitative estimate of drug-likeness (QED) is 0.661. The molecule has 1 aromatic carbocycles. The molecule has 0 unspecified atom stereocenters. The Bertz CT molecular complexity index is 749. The number of hydrogen-bond donors (Lipinski definition) is 0. The fourth-order valence-electron chi connectivity index (χ4n) is 4.60. The van der Waals surface area contributed by atoms with E-state index >= 15 is 0 Å². The van der Waals surface area contributed by atoms with Gasteiger partial charge >= 0.3 is 0 Å². The zero-order valence-corrected chi connectivity index (χ0v) is 14.2. The zero-order valence-electron chi connectivity index (χ0n) is 14.2. The van der Waals surface area contributed by atoms with Crippen molar-refractivity contribution in [1.29, 1.82) is 0 Å². The van der Waals surface area contributed by atoms with Crippen molar-refractivity contribution in [2.24, 2.45) is 7.05 Å². The van der Waals surface area contributed by atoms with Gasteiger partial charge in [-0.15, -0.1) is 0 Å². The van der Waals surface area contributed by atoms with Crippen LogP contribution in [0.5, 0.6) is 0 Å². The minimum atomic E-state index is 0.816. The van der Waals surface area contributed by atoms with E-state index in [2.05, 4.69) is 56.8 Å². The molecule has 1 nitrogen and oxygen atoms in total. The number of nitrogens with zero attached hydrogens (tertiary/aromatic N) is 1. The van der Waals surface area contributed by atoms with Crippen LogP contribution in [0, 0.1) is 20.8 Å². The van der Waals surface area contributed by atoms with Gasteiger partial charge in [0.15, 0.2) is 6.20 Å². The highest BCUT2D eigenvalue weighted by molar-refractivity contribution is 5.65. The molecule has 3 aliphatic rings. The summed E-state index contributed by atoms with van der Waals surface area (Å²) in [5, 5.41) is 0. The number of benzene rings is 1. The number of aryl methyl sites for hydroxylation is 4. The molecule has 114 valence electrons. The molecule has 1 heterocycles. The minimum Gasteiger partial charge on any atom is -0.201 e. The maximum Gasteiger partial charge on any atom is 0.212 e. The van der Waals surface area contributed by atoms with Gasteiger partial charge in [0.1, 0.15) is 7.05 Å². The molecule has 0 atom stereocenters. The third-order valence-electron chi connectivity index (χ3n) is 6.06. The van der Waals surface area contributed by atoms with Crippen LogP contribution in [0.2, 0.25) is 0 Å². The highest BCUT2D eigenvalue weighted by Gasteiger charge is 2.33. The first-order chi connectivity index (χ1) is 10.5. The van der Waals surface area contributed by atoms with E-state index in [1.54, 1.807) is 11.1 Å². The molecule has 2 aromatic rings. The van der Waals surface area contributed by atoms with E-state index in [4.69, 9.17) is 0 Å². The number of aromatic nitrogens is 1. The van der Waals surface area contributed by atoms with Gasteiger partial charge < -0.3 is 0 Å². The van der Waals surface area contributed by atoms with Crippen molar-refractivity contribution in [2.75, 3.05) is 0 Å². The van der Waals surface area contributed by atoms with Gasteiger partial charge in [-0.05, 0) is 86.6 Å². The first kappa shape index (κ1) is 14.0. The highest BCUT2D eigenvalue weighted by Crippen LogP contribution is 2.50. The average molecular weight is 292 g/mol. The van der Waals surface area contributed by atoms with Crippen LogP contribution in [0.1, 0.15) is 65.3 Å². The molecular weight excluding hydrogens is 266 g/mol. The van der Waals surface area contributed by atoms with Crippen LogP contribution in [-0.2, 0) is 7.05 Å². The van der Waals surface area contributed by atoms with Crippen LogP contribution in [-0.4, -0.2) is 0 Å². The van der Waals surface area contributed by atoms with Crippen LogP contribution < -0.4 is 4.57 Å². The molecular formula is C21H26N+. The lowest BCUT2D eigenvalue weighted by Crippen LogP contribution is -2.32. The van der Waals surface area contributed by atoms with Crippen molar-refractivity contribution in [2.45, 2.75) is 58.3 Å². The summed E-state index contributed by atoms with van der Waals surface area (Å²) in [5.41, 5.74) is 10.3. The van der Waals surface area contributed by atoms with Crippen molar-refractivity contribution >= 4 is 0 Å². The van der Waals surface area contributed by atoms with Gasteiger partial charge in [-0.3, -0.25) is 0 Å². The Morgan fingerprint density at radius 2 is 1.36 bits per heavy atom.